The van der Waals surface area contributed by atoms with Gasteiger partial charge in [0.05, 0.1) is 0 Å². The maximum absolute atomic E-state index is 10.9. The van der Waals surface area contributed by atoms with Crippen LogP contribution in [-0.2, 0) is 4.79 Å². The van der Waals surface area contributed by atoms with Crippen molar-refractivity contribution in [1.82, 2.24) is 4.98 Å². The number of carbonyl (C=O) groups is 2. The summed E-state index contributed by atoms with van der Waals surface area (Å²) in [5, 5.41) is 8.36. The van der Waals surface area contributed by atoms with Gasteiger partial charge in [-0.1, -0.05) is 6.92 Å². The summed E-state index contributed by atoms with van der Waals surface area (Å²) in [5.41, 5.74) is 5.22. The highest BCUT2D eigenvalue weighted by atomic mass is 32.2. The van der Waals surface area contributed by atoms with Crippen molar-refractivity contribution in [1.29, 1.82) is 0 Å². The molecule has 1 aromatic heterocycles. The molecule has 0 aromatic carbocycles. The van der Waals surface area contributed by atoms with Gasteiger partial charge in [0.1, 0.15) is 10.9 Å². The summed E-state index contributed by atoms with van der Waals surface area (Å²) in [5.74, 6) is -1.49. The lowest BCUT2D eigenvalue weighted by atomic mass is 10.3. The predicted molar refractivity (Wildman–Crippen MR) is 60.3 cm³/mol. The van der Waals surface area contributed by atoms with Crippen LogP contribution in [0.5, 0.6) is 0 Å². The molecule has 0 spiro atoms. The number of carbonyl (C=O) groups excluding carboxylic acids is 1. The number of thioether (sulfide) groups is 1. The molecule has 1 amide bonds. The van der Waals surface area contributed by atoms with Gasteiger partial charge in [-0.3, -0.25) is 14.6 Å². The van der Waals surface area contributed by atoms with E-state index in [9.17, 15) is 9.59 Å². The molecule has 0 saturated heterocycles. The molecule has 0 saturated carbocycles. The van der Waals surface area contributed by atoms with Gasteiger partial charge in [-0.15, -0.1) is 11.8 Å². The van der Waals surface area contributed by atoms with Gasteiger partial charge in [-0.2, -0.15) is 0 Å². The van der Waals surface area contributed by atoms with Crippen molar-refractivity contribution in [2.75, 3.05) is 0 Å². The molecule has 1 unspecified atom stereocenters. The number of primary amides is 1. The summed E-state index contributed by atoms with van der Waals surface area (Å²) >= 11 is 1.18. The topological polar surface area (TPSA) is 93.3 Å². The summed E-state index contributed by atoms with van der Waals surface area (Å²) < 4.78 is 0. The zero-order chi connectivity index (χ0) is 12.1. The number of nitrogens with two attached hydrogens (primary N) is 1. The number of carboxylic acid groups (broad SMARTS) is 1. The molecule has 1 aromatic rings. The van der Waals surface area contributed by atoms with Gasteiger partial charge in [0.2, 0.25) is 0 Å². The first-order valence-corrected chi connectivity index (χ1v) is 5.58. The molecule has 0 aliphatic heterocycles. The van der Waals surface area contributed by atoms with Crippen LogP contribution >= 0.6 is 11.8 Å². The molecule has 0 aliphatic rings. The average Bonchev–Trinajstić information content (AvgIpc) is 2.25. The van der Waals surface area contributed by atoms with Crippen LogP contribution in [0.3, 0.4) is 0 Å². The molecule has 0 radical (unpaired) electrons. The largest absolute Gasteiger partial charge is 0.480 e. The first-order valence-electron chi connectivity index (χ1n) is 4.70. The Morgan fingerprint density at radius 3 is 2.81 bits per heavy atom. The third-order valence-corrected chi connectivity index (χ3v) is 3.25. The predicted octanol–water partition coefficient (Wildman–Crippen LogP) is 1.14. The number of hydrogen-bond donors (Lipinski definition) is 2. The van der Waals surface area contributed by atoms with E-state index in [0.717, 1.165) is 0 Å². The van der Waals surface area contributed by atoms with Gasteiger partial charge in [0.15, 0.2) is 0 Å². The molecule has 1 rings (SSSR count). The molecule has 1 heterocycles. The lowest BCUT2D eigenvalue weighted by Gasteiger charge is -2.09. The van der Waals surface area contributed by atoms with Crippen molar-refractivity contribution in [2.45, 2.75) is 23.5 Å². The molecule has 5 nitrogen and oxygen atoms in total. The van der Waals surface area contributed by atoms with E-state index in [1.807, 2.05) is 0 Å². The van der Waals surface area contributed by atoms with E-state index in [1.165, 1.54) is 24.0 Å². The SMILES string of the molecule is CCC(Sc1ccnc(C(N)=O)c1)C(=O)O. The summed E-state index contributed by atoms with van der Waals surface area (Å²) in [6.45, 7) is 1.79. The Morgan fingerprint density at radius 2 is 2.31 bits per heavy atom. The van der Waals surface area contributed by atoms with Crippen molar-refractivity contribution >= 4 is 23.6 Å². The Morgan fingerprint density at radius 1 is 1.62 bits per heavy atom. The minimum atomic E-state index is -0.870. The van der Waals surface area contributed by atoms with Crippen LogP contribution in [0.25, 0.3) is 0 Å². The van der Waals surface area contributed by atoms with Crippen LogP contribution in [0.1, 0.15) is 23.8 Å². The van der Waals surface area contributed by atoms with Crippen LogP contribution in [0.15, 0.2) is 23.2 Å². The van der Waals surface area contributed by atoms with E-state index >= 15 is 0 Å². The highest BCUT2D eigenvalue weighted by Gasteiger charge is 2.16. The van der Waals surface area contributed by atoms with Crippen molar-refractivity contribution in [3.05, 3.63) is 24.0 Å². The Bertz CT molecular complexity index is 409. The van der Waals surface area contributed by atoms with Gasteiger partial charge in [-0.25, -0.2) is 0 Å². The first kappa shape index (κ1) is 12.5. The van der Waals surface area contributed by atoms with E-state index in [-0.39, 0.29) is 5.69 Å². The smallest absolute Gasteiger partial charge is 0.316 e. The fourth-order valence-electron chi connectivity index (χ4n) is 1.09. The quantitative estimate of drug-likeness (QED) is 0.753. The summed E-state index contributed by atoms with van der Waals surface area (Å²) in [4.78, 5) is 26.2. The molecule has 86 valence electrons. The van der Waals surface area contributed by atoms with Crippen molar-refractivity contribution in [3.63, 3.8) is 0 Å². The van der Waals surface area contributed by atoms with Gasteiger partial charge in [0, 0.05) is 11.1 Å². The lowest BCUT2D eigenvalue weighted by Crippen LogP contribution is -2.15. The normalized spacial score (nSPS) is 12.1. The minimum Gasteiger partial charge on any atom is -0.480 e. The van der Waals surface area contributed by atoms with Crippen LogP contribution in [0.2, 0.25) is 0 Å². The number of amides is 1. The molecular weight excluding hydrogens is 228 g/mol. The monoisotopic (exact) mass is 240 g/mol. The van der Waals surface area contributed by atoms with E-state index in [2.05, 4.69) is 4.98 Å². The zero-order valence-corrected chi connectivity index (χ0v) is 9.53. The Balaban J connectivity index is 2.84. The number of aromatic nitrogens is 1. The van der Waals surface area contributed by atoms with Gasteiger partial charge < -0.3 is 10.8 Å². The zero-order valence-electron chi connectivity index (χ0n) is 8.71. The van der Waals surface area contributed by atoms with E-state index < -0.39 is 17.1 Å². The number of aliphatic carboxylic acids is 1. The average molecular weight is 240 g/mol. The van der Waals surface area contributed by atoms with Crippen molar-refractivity contribution in [3.8, 4) is 0 Å². The molecule has 0 fully saturated rings. The third kappa shape index (κ3) is 3.23. The molecule has 6 heteroatoms. The standard InChI is InChI=1S/C10H12N2O3S/c1-2-8(10(14)15)16-6-3-4-12-7(5-6)9(11)13/h3-5,8H,2H2,1H3,(H2,11,13)(H,14,15). The summed E-state index contributed by atoms with van der Waals surface area (Å²) in [6.07, 6.45) is 1.95. The second kappa shape index (κ2) is 5.50. The van der Waals surface area contributed by atoms with Crippen LogP contribution < -0.4 is 5.73 Å². The Labute approximate surface area is 97.1 Å². The minimum absolute atomic E-state index is 0.144. The molecule has 3 N–H and O–H groups in total. The highest BCUT2D eigenvalue weighted by molar-refractivity contribution is 8.00. The molecular formula is C10H12N2O3S. The first-order chi connectivity index (χ1) is 7.54. The second-order valence-corrected chi connectivity index (χ2v) is 4.37. The van der Waals surface area contributed by atoms with Crippen molar-refractivity contribution < 1.29 is 14.7 Å². The maximum atomic E-state index is 10.9. The number of rotatable bonds is 5. The van der Waals surface area contributed by atoms with E-state index in [4.69, 9.17) is 10.8 Å². The third-order valence-electron chi connectivity index (χ3n) is 1.91. The van der Waals surface area contributed by atoms with Gasteiger partial charge in [-0.05, 0) is 18.6 Å². The Kier molecular flexibility index (Phi) is 4.30. The fourth-order valence-corrected chi connectivity index (χ4v) is 2.01. The second-order valence-electron chi connectivity index (χ2n) is 3.09. The van der Waals surface area contributed by atoms with Gasteiger partial charge >= 0.3 is 5.97 Å². The Hall–Kier alpha value is -1.56. The molecule has 0 bridgehead atoms. The molecule has 16 heavy (non-hydrogen) atoms. The van der Waals surface area contributed by atoms with Crippen LogP contribution in [0, 0.1) is 0 Å². The van der Waals surface area contributed by atoms with Gasteiger partial charge in [0.25, 0.3) is 5.91 Å². The van der Waals surface area contributed by atoms with E-state index in [1.54, 1.807) is 13.0 Å². The summed E-state index contributed by atoms with van der Waals surface area (Å²) in [6, 6.07) is 3.15. The lowest BCUT2D eigenvalue weighted by molar-refractivity contribution is -0.136. The van der Waals surface area contributed by atoms with Crippen molar-refractivity contribution in [2.24, 2.45) is 5.73 Å². The molecule has 0 aliphatic carbocycles. The number of carboxylic acids is 1. The summed E-state index contributed by atoms with van der Waals surface area (Å²) in [7, 11) is 0. The highest BCUT2D eigenvalue weighted by Crippen LogP contribution is 2.25. The number of nitrogens with zero attached hydrogens (tertiary/aromatic N) is 1. The number of hydrogen-bond acceptors (Lipinski definition) is 4. The van der Waals surface area contributed by atoms with Crippen LogP contribution in [0.4, 0.5) is 0 Å². The van der Waals surface area contributed by atoms with Crippen LogP contribution in [-0.4, -0.2) is 27.2 Å². The van der Waals surface area contributed by atoms with E-state index in [0.29, 0.717) is 11.3 Å². The molecule has 1 atom stereocenters. The fraction of sp³-hybridized carbons (Fsp3) is 0.300. The number of pyridine rings is 1. The maximum Gasteiger partial charge on any atom is 0.316 e.